The molecule has 112 valence electrons. The van der Waals surface area contributed by atoms with Gasteiger partial charge < -0.3 is 4.74 Å². The Labute approximate surface area is 127 Å². The molecule has 0 aliphatic rings. The van der Waals surface area contributed by atoms with Gasteiger partial charge in [-0.3, -0.25) is 5.84 Å². The fourth-order valence-corrected chi connectivity index (χ4v) is 2.92. The van der Waals surface area contributed by atoms with Crippen molar-refractivity contribution < 1.29 is 4.74 Å². The Kier molecular flexibility index (Phi) is 4.99. The van der Waals surface area contributed by atoms with Crippen LogP contribution in [0.15, 0.2) is 36.4 Å². The number of hydrogen-bond donors (Lipinski definition) is 2. The summed E-state index contributed by atoms with van der Waals surface area (Å²) >= 11 is 0. The molecular weight excluding hydrogens is 260 g/mol. The Morgan fingerprint density at radius 2 is 1.62 bits per heavy atom. The molecule has 2 rings (SSSR count). The third-order valence-electron chi connectivity index (χ3n) is 3.72. The van der Waals surface area contributed by atoms with Crippen LogP contribution in [-0.2, 0) is 0 Å². The molecule has 2 aromatic rings. The maximum atomic E-state index is 5.83. The molecule has 3 heteroatoms. The highest BCUT2D eigenvalue weighted by Gasteiger charge is 2.17. The van der Waals surface area contributed by atoms with Gasteiger partial charge in [-0.25, -0.2) is 5.43 Å². The Hall–Kier alpha value is -1.84. The molecule has 0 radical (unpaired) electrons. The van der Waals surface area contributed by atoms with Gasteiger partial charge in [-0.05, 0) is 62.1 Å². The average molecular weight is 284 g/mol. The van der Waals surface area contributed by atoms with E-state index in [4.69, 9.17) is 10.6 Å². The largest absolute Gasteiger partial charge is 0.494 e. The topological polar surface area (TPSA) is 47.3 Å². The molecule has 0 heterocycles. The van der Waals surface area contributed by atoms with Gasteiger partial charge >= 0.3 is 0 Å². The summed E-state index contributed by atoms with van der Waals surface area (Å²) in [4.78, 5) is 0. The molecule has 0 aromatic heterocycles. The zero-order valence-electron chi connectivity index (χ0n) is 13.2. The minimum absolute atomic E-state index is 0.0127. The summed E-state index contributed by atoms with van der Waals surface area (Å²) in [5.41, 5.74) is 9.11. The van der Waals surface area contributed by atoms with Crippen LogP contribution in [0, 0.1) is 20.8 Å². The lowest BCUT2D eigenvalue weighted by molar-refractivity contribution is 0.340. The van der Waals surface area contributed by atoms with Crippen molar-refractivity contribution in [2.75, 3.05) is 6.61 Å². The van der Waals surface area contributed by atoms with E-state index in [-0.39, 0.29) is 6.04 Å². The molecule has 1 atom stereocenters. The summed E-state index contributed by atoms with van der Waals surface area (Å²) in [6.45, 7) is 9.04. The van der Waals surface area contributed by atoms with E-state index in [0.717, 1.165) is 11.3 Å². The SMILES string of the molecule is CCOc1ccc(C(NN)c2c(C)cc(C)cc2C)cc1. The van der Waals surface area contributed by atoms with Crippen LogP contribution in [0.1, 0.15) is 40.8 Å². The molecule has 1 unspecified atom stereocenters. The van der Waals surface area contributed by atoms with Gasteiger partial charge in [0.05, 0.1) is 12.6 Å². The molecule has 3 nitrogen and oxygen atoms in total. The van der Waals surface area contributed by atoms with Crippen LogP contribution in [0.5, 0.6) is 5.75 Å². The Morgan fingerprint density at radius 1 is 1.05 bits per heavy atom. The first-order chi connectivity index (χ1) is 10.1. The highest BCUT2D eigenvalue weighted by molar-refractivity contribution is 5.44. The van der Waals surface area contributed by atoms with Crippen LogP contribution < -0.4 is 16.0 Å². The summed E-state index contributed by atoms with van der Waals surface area (Å²) in [5, 5.41) is 0. The highest BCUT2D eigenvalue weighted by Crippen LogP contribution is 2.29. The molecule has 0 saturated heterocycles. The maximum Gasteiger partial charge on any atom is 0.119 e. The van der Waals surface area contributed by atoms with Crippen molar-refractivity contribution in [3.63, 3.8) is 0 Å². The van der Waals surface area contributed by atoms with E-state index in [1.807, 2.05) is 19.1 Å². The first-order valence-electron chi connectivity index (χ1n) is 7.33. The van der Waals surface area contributed by atoms with E-state index < -0.39 is 0 Å². The summed E-state index contributed by atoms with van der Waals surface area (Å²) in [6.07, 6.45) is 0. The van der Waals surface area contributed by atoms with Gasteiger partial charge in [-0.2, -0.15) is 0 Å². The number of ether oxygens (including phenoxy) is 1. The van der Waals surface area contributed by atoms with Crippen LogP contribution in [-0.4, -0.2) is 6.61 Å². The molecule has 2 aromatic carbocycles. The van der Waals surface area contributed by atoms with E-state index in [9.17, 15) is 0 Å². The van der Waals surface area contributed by atoms with E-state index in [1.54, 1.807) is 0 Å². The fourth-order valence-electron chi connectivity index (χ4n) is 2.92. The van der Waals surface area contributed by atoms with E-state index in [0.29, 0.717) is 6.61 Å². The Morgan fingerprint density at radius 3 is 2.10 bits per heavy atom. The standard InChI is InChI=1S/C18H24N2O/c1-5-21-16-8-6-15(7-9-16)18(20-19)17-13(3)10-12(2)11-14(17)4/h6-11,18,20H,5,19H2,1-4H3. The molecule has 0 amide bonds. The molecule has 0 aliphatic heterocycles. The van der Waals surface area contributed by atoms with Crippen molar-refractivity contribution in [3.8, 4) is 5.75 Å². The van der Waals surface area contributed by atoms with Crippen LogP contribution in [0.3, 0.4) is 0 Å². The second-order valence-electron chi connectivity index (χ2n) is 5.41. The lowest BCUT2D eigenvalue weighted by atomic mass is 9.90. The molecule has 0 aliphatic carbocycles. The van der Waals surface area contributed by atoms with Crippen molar-refractivity contribution in [1.29, 1.82) is 0 Å². The van der Waals surface area contributed by atoms with Crippen molar-refractivity contribution in [2.45, 2.75) is 33.7 Å². The molecule has 0 bridgehead atoms. The monoisotopic (exact) mass is 284 g/mol. The van der Waals surface area contributed by atoms with E-state index >= 15 is 0 Å². The fraction of sp³-hybridized carbons (Fsp3) is 0.333. The lowest BCUT2D eigenvalue weighted by Gasteiger charge is -2.22. The second kappa shape index (κ2) is 6.74. The van der Waals surface area contributed by atoms with Gasteiger partial charge in [0, 0.05) is 0 Å². The molecular formula is C18H24N2O. The Bertz CT molecular complexity index is 582. The van der Waals surface area contributed by atoms with Crippen molar-refractivity contribution in [3.05, 3.63) is 64.2 Å². The van der Waals surface area contributed by atoms with E-state index in [1.165, 1.54) is 22.3 Å². The van der Waals surface area contributed by atoms with Gasteiger partial charge in [0.25, 0.3) is 0 Å². The minimum atomic E-state index is -0.0127. The first-order valence-corrected chi connectivity index (χ1v) is 7.33. The van der Waals surface area contributed by atoms with Crippen LogP contribution >= 0.6 is 0 Å². The van der Waals surface area contributed by atoms with Crippen molar-refractivity contribution in [1.82, 2.24) is 5.43 Å². The van der Waals surface area contributed by atoms with Gasteiger partial charge in [0.1, 0.15) is 5.75 Å². The summed E-state index contributed by atoms with van der Waals surface area (Å²) in [7, 11) is 0. The van der Waals surface area contributed by atoms with Gasteiger partial charge in [0.15, 0.2) is 0 Å². The number of hydrazine groups is 1. The second-order valence-corrected chi connectivity index (χ2v) is 5.41. The maximum absolute atomic E-state index is 5.83. The molecule has 3 N–H and O–H groups in total. The number of rotatable bonds is 5. The molecule has 0 fully saturated rings. The number of benzene rings is 2. The Balaban J connectivity index is 2.40. The van der Waals surface area contributed by atoms with Gasteiger partial charge in [-0.15, -0.1) is 0 Å². The summed E-state index contributed by atoms with van der Waals surface area (Å²) < 4.78 is 5.49. The predicted molar refractivity (Wildman–Crippen MR) is 87.4 cm³/mol. The highest BCUT2D eigenvalue weighted by atomic mass is 16.5. The molecule has 21 heavy (non-hydrogen) atoms. The number of nitrogens with one attached hydrogen (secondary N) is 1. The summed E-state index contributed by atoms with van der Waals surface area (Å²) in [5.74, 6) is 6.71. The molecule has 0 spiro atoms. The quantitative estimate of drug-likeness (QED) is 0.652. The zero-order valence-corrected chi connectivity index (χ0v) is 13.2. The van der Waals surface area contributed by atoms with Crippen molar-refractivity contribution in [2.24, 2.45) is 5.84 Å². The summed E-state index contributed by atoms with van der Waals surface area (Å²) in [6, 6.07) is 12.5. The smallest absolute Gasteiger partial charge is 0.119 e. The third-order valence-corrected chi connectivity index (χ3v) is 3.72. The number of nitrogens with two attached hydrogens (primary N) is 1. The van der Waals surface area contributed by atoms with Gasteiger partial charge in [-0.1, -0.05) is 29.8 Å². The third kappa shape index (κ3) is 3.43. The zero-order chi connectivity index (χ0) is 15.4. The number of hydrogen-bond acceptors (Lipinski definition) is 3. The van der Waals surface area contributed by atoms with Crippen LogP contribution in [0.2, 0.25) is 0 Å². The predicted octanol–water partition coefficient (Wildman–Crippen LogP) is 3.56. The normalized spacial score (nSPS) is 12.2. The number of aryl methyl sites for hydroxylation is 3. The molecule has 0 saturated carbocycles. The minimum Gasteiger partial charge on any atom is -0.494 e. The van der Waals surface area contributed by atoms with Gasteiger partial charge in [0.2, 0.25) is 0 Å². The van der Waals surface area contributed by atoms with Crippen molar-refractivity contribution >= 4 is 0 Å². The average Bonchev–Trinajstić information content (AvgIpc) is 2.44. The van der Waals surface area contributed by atoms with Crippen LogP contribution in [0.25, 0.3) is 0 Å². The first kappa shape index (κ1) is 15.5. The lowest BCUT2D eigenvalue weighted by Crippen LogP contribution is -2.30. The van der Waals surface area contributed by atoms with Crippen LogP contribution in [0.4, 0.5) is 0 Å². The van der Waals surface area contributed by atoms with E-state index in [2.05, 4.69) is 50.5 Å².